The van der Waals surface area contributed by atoms with Crippen molar-refractivity contribution in [2.45, 2.75) is 26.2 Å². The van der Waals surface area contributed by atoms with Crippen molar-refractivity contribution in [1.82, 2.24) is 15.5 Å². The lowest BCUT2D eigenvalue weighted by Gasteiger charge is -2.34. The molecule has 1 unspecified atom stereocenters. The second kappa shape index (κ2) is 10.5. The van der Waals surface area contributed by atoms with Crippen molar-refractivity contribution >= 4 is 17.8 Å². The van der Waals surface area contributed by atoms with Crippen LogP contribution in [0.2, 0.25) is 0 Å². The molecule has 148 valence electrons. The minimum absolute atomic E-state index is 0.0843. The number of amides is 1. The summed E-state index contributed by atoms with van der Waals surface area (Å²) in [6, 6.07) is 7.61. The first kappa shape index (κ1) is 20.7. The monoisotopic (exact) mass is 374 g/mol. The number of aliphatic imine (C=N–C) groups is 1. The summed E-state index contributed by atoms with van der Waals surface area (Å²) in [6.45, 7) is 4.45. The number of ether oxygens (including phenoxy) is 1. The number of esters is 1. The number of nitrogens with one attached hydrogen (secondary N) is 2. The molecule has 1 amide bonds. The number of likely N-dealkylation sites (tertiary alicyclic amines) is 1. The number of rotatable bonds is 6. The van der Waals surface area contributed by atoms with Gasteiger partial charge < -0.3 is 20.3 Å². The first-order valence-corrected chi connectivity index (χ1v) is 9.52. The van der Waals surface area contributed by atoms with E-state index >= 15 is 0 Å². The van der Waals surface area contributed by atoms with Crippen molar-refractivity contribution in [3.63, 3.8) is 0 Å². The zero-order valence-electron chi connectivity index (χ0n) is 16.5. The van der Waals surface area contributed by atoms with Gasteiger partial charge in [0.05, 0.1) is 12.5 Å². The van der Waals surface area contributed by atoms with E-state index in [2.05, 4.69) is 20.5 Å². The van der Waals surface area contributed by atoms with Gasteiger partial charge in [-0.25, -0.2) is 0 Å². The van der Waals surface area contributed by atoms with E-state index in [1.165, 1.54) is 0 Å². The molecule has 2 N–H and O–H groups in total. The molecule has 1 heterocycles. The molecule has 0 bridgehead atoms. The van der Waals surface area contributed by atoms with Crippen LogP contribution in [0.3, 0.4) is 0 Å². The van der Waals surface area contributed by atoms with Gasteiger partial charge in [-0.05, 0) is 43.9 Å². The molecule has 7 heteroatoms. The van der Waals surface area contributed by atoms with E-state index in [0.717, 1.165) is 37.3 Å². The van der Waals surface area contributed by atoms with Crippen LogP contribution in [-0.2, 0) is 16.0 Å². The molecule has 2 rings (SSSR count). The summed E-state index contributed by atoms with van der Waals surface area (Å²) in [7, 11) is 3.38. The largest absolute Gasteiger partial charge is 0.466 e. The van der Waals surface area contributed by atoms with Gasteiger partial charge in [-0.2, -0.15) is 0 Å². The van der Waals surface area contributed by atoms with E-state index in [0.29, 0.717) is 25.3 Å². The number of hydrogen-bond donors (Lipinski definition) is 2. The normalized spacial score (nSPS) is 17.4. The van der Waals surface area contributed by atoms with Crippen LogP contribution in [0.5, 0.6) is 0 Å². The van der Waals surface area contributed by atoms with E-state index in [1.54, 1.807) is 20.2 Å². The summed E-state index contributed by atoms with van der Waals surface area (Å²) in [5, 5.41) is 6.00. The maximum atomic E-state index is 12.0. The Morgan fingerprint density at radius 1 is 1.37 bits per heavy atom. The Hall–Kier alpha value is -2.57. The van der Waals surface area contributed by atoms with Gasteiger partial charge in [0.2, 0.25) is 0 Å². The van der Waals surface area contributed by atoms with Gasteiger partial charge in [0, 0.05) is 39.3 Å². The van der Waals surface area contributed by atoms with Gasteiger partial charge in [0.25, 0.3) is 5.91 Å². The summed E-state index contributed by atoms with van der Waals surface area (Å²) in [6.07, 6.45) is 2.58. The van der Waals surface area contributed by atoms with Gasteiger partial charge in [0.1, 0.15) is 0 Å². The third-order valence-corrected chi connectivity index (χ3v) is 4.67. The number of piperidine rings is 1. The number of carbonyl (C=O) groups excluding carboxylic acids is 2. The van der Waals surface area contributed by atoms with Crippen LogP contribution in [0.1, 0.15) is 35.7 Å². The molecule has 1 aliphatic heterocycles. The molecule has 1 aromatic rings. The summed E-state index contributed by atoms with van der Waals surface area (Å²) in [5.41, 5.74) is 1.75. The van der Waals surface area contributed by atoms with Gasteiger partial charge in [-0.3, -0.25) is 14.6 Å². The zero-order valence-corrected chi connectivity index (χ0v) is 16.5. The Kier molecular flexibility index (Phi) is 8.10. The van der Waals surface area contributed by atoms with Crippen LogP contribution in [0, 0.1) is 5.92 Å². The van der Waals surface area contributed by atoms with E-state index in [4.69, 9.17) is 4.74 Å². The quantitative estimate of drug-likeness (QED) is 0.447. The van der Waals surface area contributed by atoms with Crippen molar-refractivity contribution in [2.24, 2.45) is 10.9 Å². The molecule has 1 aromatic carbocycles. The molecule has 7 nitrogen and oxygen atoms in total. The maximum Gasteiger partial charge on any atom is 0.310 e. The van der Waals surface area contributed by atoms with Crippen molar-refractivity contribution in [1.29, 1.82) is 0 Å². The summed E-state index contributed by atoms with van der Waals surface area (Å²) >= 11 is 0. The van der Waals surface area contributed by atoms with Gasteiger partial charge in [-0.1, -0.05) is 12.1 Å². The fraction of sp³-hybridized carbons (Fsp3) is 0.550. The molecule has 0 aromatic heterocycles. The Morgan fingerprint density at radius 2 is 2.19 bits per heavy atom. The highest BCUT2D eigenvalue weighted by molar-refractivity contribution is 5.94. The lowest BCUT2D eigenvalue weighted by Crippen LogP contribution is -2.48. The average Bonchev–Trinajstić information content (AvgIpc) is 2.71. The van der Waals surface area contributed by atoms with Crippen LogP contribution in [0.4, 0.5) is 0 Å². The maximum absolute atomic E-state index is 12.0. The van der Waals surface area contributed by atoms with Crippen LogP contribution in [0.15, 0.2) is 29.3 Å². The molecule has 1 atom stereocenters. The predicted octanol–water partition coefficient (Wildman–Crippen LogP) is 1.44. The SMILES string of the molecule is CCOC(=O)C1CCCN(C(=NC)NCCc2cccc(C(=O)NC)c2)C1. The van der Waals surface area contributed by atoms with Crippen molar-refractivity contribution in [3.8, 4) is 0 Å². The molecule has 0 radical (unpaired) electrons. The highest BCUT2D eigenvalue weighted by Crippen LogP contribution is 2.18. The van der Waals surface area contributed by atoms with Crippen molar-refractivity contribution in [3.05, 3.63) is 35.4 Å². The van der Waals surface area contributed by atoms with E-state index in [-0.39, 0.29) is 17.8 Å². The Labute approximate surface area is 161 Å². The van der Waals surface area contributed by atoms with Crippen LogP contribution < -0.4 is 10.6 Å². The van der Waals surface area contributed by atoms with Gasteiger partial charge >= 0.3 is 5.97 Å². The third-order valence-electron chi connectivity index (χ3n) is 4.67. The third kappa shape index (κ3) is 5.98. The number of guanidine groups is 1. The standard InChI is InChI=1S/C20H30N4O3/c1-4-27-19(26)17-9-6-12-24(14-17)20(22-3)23-11-10-15-7-5-8-16(13-15)18(25)21-2/h5,7-8,13,17H,4,6,9-12,14H2,1-3H3,(H,21,25)(H,22,23). The topological polar surface area (TPSA) is 83.0 Å². The number of nitrogens with zero attached hydrogens (tertiary/aromatic N) is 2. The lowest BCUT2D eigenvalue weighted by molar-refractivity contribution is -0.149. The van der Waals surface area contributed by atoms with Crippen molar-refractivity contribution < 1.29 is 14.3 Å². The van der Waals surface area contributed by atoms with Crippen LogP contribution >= 0.6 is 0 Å². The fourth-order valence-electron chi connectivity index (χ4n) is 3.29. The molecule has 1 saturated heterocycles. The highest BCUT2D eigenvalue weighted by atomic mass is 16.5. The molecule has 1 fully saturated rings. The lowest BCUT2D eigenvalue weighted by atomic mass is 9.98. The number of hydrogen-bond acceptors (Lipinski definition) is 4. The second-order valence-electron chi connectivity index (χ2n) is 6.54. The minimum atomic E-state index is -0.122. The number of benzene rings is 1. The summed E-state index contributed by atoms with van der Waals surface area (Å²) in [5.74, 6) is 0.496. The Bertz CT molecular complexity index is 675. The first-order chi connectivity index (χ1) is 13.1. The average molecular weight is 374 g/mol. The van der Waals surface area contributed by atoms with E-state index in [1.807, 2.05) is 25.1 Å². The minimum Gasteiger partial charge on any atom is -0.466 e. The summed E-state index contributed by atoms with van der Waals surface area (Å²) < 4.78 is 5.16. The zero-order chi connectivity index (χ0) is 19.6. The molecule has 0 aliphatic carbocycles. The Balaban J connectivity index is 1.88. The van der Waals surface area contributed by atoms with E-state index < -0.39 is 0 Å². The summed E-state index contributed by atoms with van der Waals surface area (Å²) in [4.78, 5) is 30.2. The molecule has 1 aliphatic rings. The predicted molar refractivity (Wildman–Crippen MR) is 106 cm³/mol. The van der Waals surface area contributed by atoms with Crippen LogP contribution in [-0.4, -0.2) is 63.1 Å². The molecule has 27 heavy (non-hydrogen) atoms. The number of carbonyl (C=O) groups is 2. The van der Waals surface area contributed by atoms with Gasteiger partial charge in [0.15, 0.2) is 5.96 Å². The molecule has 0 spiro atoms. The fourth-order valence-corrected chi connectivity index (χ4v) is 3.29. The first-order valence-electron chi connectivity index (χ1n) is 9.52. The highest BCUT2D eigenvalue weighted by Gasteiger charge is 2.28. The molecule has 0 saturated carbocycles. The van der Waals surface area contributed by atoms with Crippen LogP contribution in [0.25, 0.3) is 0 Å². The second-order valence-corrected chi connectivity index (χ2v) is 6.54. The molecular formula is C20H30N4O3. The smallest absolute Gasteiger partial charge is 0.310 e. The van der Waals surface area contributed by atoms with E-state index in [9.17, 15) is 9.59 Å². The Morgan fingerprint density at radius 3 is 2.89 bits per heavy atom. The van der Waals surface area contributed by atoms with Gasteiger partial charge in [-0.15, -0.1) is 0 Å². The molecular weight excluding hydrogens is 344 g/mol. The van der Waals surface area contributed by atoms with Crippen molar-refractivity contribution in [2.75, 3.05) is 40.3 Å².